The molecule has 79 heavy (non-hydrogen) atoms. The average molecular weight is 1130 g/mol. The molecule has 0 amide bonds. The first-order valence-electron chi connectivity index (χ1n) is 27.9. The van der Waals surface area contributed by atoms with Crippen LogP contribution in [0.25, 0.3) is 0 Å². The van der Waals surface area contributed by atoms with Crippen LogP contribution in [0.4, 0.5) is 0 Å². The van der Waals surface area contributed by atoms with Crippen molar-refractivity contribution in [3.05, 3.63) is 23.8 Å². The Morgan fingerprint density at radius 2 is 1.35 bits per heavy atom. The van der Waals surface area contributed by atoms with Gasteiger partial charge in [0, 0.05) is 25.9 Å². The van der Waals surface area contributed by atoms with Gasteiger partial charge in [-0.25, -0.2) is 0 Å². The largest absolute Gasteiger partial charge is 0.462 e. The molecule has 27 atom stereocenters. The number of allylic oxidation sites excluding steroid dienone is 2. The van der Waals surface area contributed by atoms with E-state index >= 15 is 0 Å². The lowest BCUT2D eigenvalue weighted by molar-refractivity contribution is -0.385. The maximum absolute atomic E-state index is 14.6. The molecule has 11 N–H and O–H groups in total. The molecule has 9 aliphatic rings. The van der Waals surface area contributed by atoms with E-state index in [-0.39, 0.29) is 29.8 Å². The number of aliphatic hydroxyl groups excluding tert-OH is 10. The van der Waals surface area contributed by atoms with Gasteiger partial charge in [0.05, 0.1) is 49.5 Å². The Kier molecular flexibility index (Phi) is 17.5. The van der Waals surface area contributed by atoms with Gasteiger partial charge in [0.2, 0.25) is 0 Å². The van der Waals surface area contributed by atoms with Gasteiger partial charge in [0.1, 0.15) is 97.2 Å². The van der Waals surface area contributed by atoms with Gasteiger partial charge < -0.3 is 108 Å². The van der Waals surface area contributed by atoms with Gasteiger partial charge in [-0.2, -0.15) is 0 Å². The molecule has 1 spiro atoms. The summed E-state index contributed by atoms with van der Waals surface area (Å²) in [7, 11) is 1.21. The zero-order chi connectivity index (χ0) is 57.7. The van der Waals surface area contributed by atoms with Gasteiger partial charge in [0.15, 0.2) is 25.2 Å². The third kappa shape index (κ3) is 10.5. The lowest BCUT2D eigenvalue weighted by Gasteiger charge is -2.63. The van der Waals surface area contributed by atoms with Crippen molar-refractivity contribution in [3.63, 3.8) is 0 Å². The van der Waals surface area contributed by atoms with Crippen LogP contribution in [0.5, 0.6) is 0 Å². The van der Waals surface area contributed by atoms with Crippen LogP contribution in [-0.2, 0) is 61.7 Å². The fourth-order valence-corrected chi connectivity index (χ4v) is 16.0. The Morgan fingerprint density at radius 3 is 2.01 bits per heavy atom. The molecule has 0 aromatic carbocycles. The van der Waals surface area contributed by atoms with E-state index < -0.39 is 182 Å². The summed E-state index contributed by atoms with van der Waals surface area (Å²) in [5, 5.41) is 120. The maximum atomic E-state index is 14.6. The Labute approximate surface area is 459 Å². The summed E-state index contributed by atoms with van der Waals surface area (Å²) in [4.78, 5) is 27.4. The molecule has 0 radical (unpaired) electrons. The summed E-state index contributed by atoms with van der Waals surface area (Å²) in [5.74, 6) is -1.08. The van der Waals surface area contributed by atoms with Gasteiger partial charge in [-0.3, -0.25) is 9.59 Å². The van der Waals surface area contributed by atoms with Crippen LogP contribution in [0.3, 0.4) is 0 Å². The van der Waals surface area contributed by atoms with E-state index in [0.717, 1.165) is 0 Å². The molecule has 9 rings (SSSR count). The predicted molar refractivity (Wildman–Crippen MR) is 268 cm³/mol. The highest BCUT2D eigenvalue weighted by molar-refractivity contribution is 5.84. The summed E-state index contributed by atoms with van der Waals surface area (Å²) in [6.45, 7) is 12.9. The molecule has 0 bridgehead atoms. The first kappa shape index (κ1) is 61.2. The SMILES string of the molecule is COC1C(O)C(CO)OC(OC2C(O)COC(OC3C(CO)OC(OC4C(OC5CCC6(C)C7CCC89C(=O)O[C@@](C)(C/C=C/C(C)(C)O)C8C(OC(C)=O)C[C@@]9(C)C7=CCC6C5(C)C)OCC(O)C4O)C(O)C3O)C2O)C1O. The first-order valence-corrected chi connectivity index (χ1v) is 27.9. The van der Waals surface area contributed by atoms with Crippen molar-refractivity contribution in [2.45, 2.75) is 234 Å². The average Bonchev–Trinajstić information content (AvgIpc) is 2.39. The van der Waals surface area contributed by atoms with E-state index in [4.69, 9.17) is 52.1 Å². The number of carbonyl (C=O) groups is 2. The molecular weight excluding hydrogens is 1040 g/mol. The lowest BCUT2D eigenvalue weighted by Crippen LogP contribution is -2.66. The molecule has 0 aromatic rings. The van der Waals surface area contributed by atoms with E-state index in [1.807, 2.05) is 13.0 Å². The van der Waals surface area contributed by atoms with Gasteiger partial charge in [-0.15, -0.1) is 0 Å². The number of cyclic esters (lactones) is 1. The number of ether oxygens (including phenoxy) is 11. The van der Waals surface area contributed by atoms with Gasteiger partial charge in [0.25, 0.3) is 0 Å². The van der Waals surface area contributed by atoms with Crippen molar-refractivity contribution in [1.29, 1.82) is 0 Å². The normalized spacial score (nSPS) is 50.7. The second kappa shape index (κ2) is 22.6. The zero-order valence-electron chi connectivity index (χ0n) is 46.5. The highest BCUT2D eigenvalue weighted by Gasteiger charge is 2.79. The quantitative estimate of drug-likeness (QED) is 0.0673. The minimum absolute atomic E-state index is 0.0263. The van der Waals surface area contributed by atoms with Gasteiger partial charge in [-0.05, 0) is 82.0 Å². The third-order valence-electron chi connectivity index (χ3n) is 19.8. The Bertz CT molecular complexity index is 2240. The topological polar surface area (TPSA) is 358 Å². The fraction of sp³-hybridized carbons (Fsp3) is 0.891. The number of hydrogen-bond donors (Lipinski definition) is 11. The summed E-state index contributed by atoms with van der Waals surface area (Å²) in [5.41, 5.74) is -3.41. The first-order chi connectivity index (χ1) is 37.0. The number of methoxy groups -OCH3 is 1. The molecule has 5 aliphatic heterocycles. The summed E-state index contributed by atoms with van der Waals surface area (Å²) < 4.78 is 65.5. The van der Waals surface area contributed by atoms with E-state index in [1.54, 1.807) is 19.9 Å². The van der Waals surface area contributed by atoms with Crippen molar-refractivity contribution in [2.24, 2.45) is 39.4 Å². The third-order valence-corrected chi connectivity index (χ3v) is 19.8. The number of fused-ring (bicyclic) bond motifs is 4. The molecule has 0 aromatic heterocycles. The summed E-state index contributed by atoms with van der Waals surface area (Å²) in [6, 6.07) is 0. The van der Waals surface area contributed by atoms with E-state index in [2.05, 4.69) is 33.8 Å². The molecule has 450 valence electrons. The zero-order valence-corrected chi connectivity index (χ0v) is 46.5. The van der Waals surface area contributed by atoms with Crippen LogP contribution in [-0.4, -0.2) is 236 Å². The van der Waals surface area contributed by atoms with Gasteiger partial charge in [-0.1, -0.05) is 51.5 Å². The van der Waals surface area contributed by atoms with Crippen molar-refractivity contribution in [2.75, 3.05) is 33.5 Å². The molecule has 4 aliphatic carbocycles. The van der Waals surface area contributed by atoms with Crippen molar-refractivity contribution >= 4 is 11.9 Å². The van der Waals surface area contributed by atoms with Crippen molar-refractivity contribution in [3.8, 4) is 0 Å². The minimum atomic E-state index is -1.96. The molecule has 24 nitrogen and oxygen atoms in total. The van der Waals surface area contributed by atoms with Crippen LogP contribution < -0.4 is 0 Å². The van der Waals surface area contributed by atoms with Crippen LogP contribution in [0.1, 0.15) is 100 Å². The van der Waals surface area contributed by atoms with E-state index in [1.165, 1.54) is 19.6 Å². The van der Waals surface area contributed by atoms with E-state index in [0.29, 0.717) is 44.9 Å². The second-order valence-electron chi connectivity index (χ2n) is 25.6. The predicted octanol–water partition coefficient (Wildman–Crippen LogP) is -1.26. The Hall–Kier alpha value is -2.38. The molecule has 5 heterocycles. The molecule has 24 heteroatoms. The minimum Gasteiger partial charge on any atom is -0.462 e. The number of hydrogen-bond acceptors (Lipinski definition) is 24. The lowest BCUT2D eigenvalue weighted by atomic mass is 9.41. The Balaban J connectivity index is 0.887. The smallest absolute Gasteiger partial charge is 0.314 e. The number of esters is 2. The van der Waals surface area contributed by atoms with Crippen molar-refractivity contribution < 1.29 is 118 Å². The highest BCUT2D eigenvalue weighted by atomic mass is 16.8. The molecule has 3 saturated carbocycles. The fourth-order valence-electron chi connectivity index (χ4n) is 16.0. The maximum Gasteiger partial charge on any atom is 0.314 e. The number of aliphatic hydroxyl groups is 11. The highest BCUT2D eigenvalue weighted by Crippen LogP contribution is 2.76. The van der Waals surface area contributed by atoms with Gasteiger partial charge >= 0.3 is 11.9 Å². The standard InChI is InChI=1S/C55H86O24/c1-24(58)72-29-19-53(7)26-11-12-32-51(4,5)33(14-17-52(32,6)25(26)13-18-55(53)44(29)54(8,79-49(55)67)16-10-15-50(2,3)68)75-48-43(34(61)27(59)22-71-48)78-46-37(64)36(63)41(31(21-57)74-46)77-45-38(65)40(28(60)23-70-45)76-47-39(66)42(69-9)35(62)30(20-56)73-47/h10-11,15,25,27-48,56-57,59-66,68H,12-14,16-23H2,1-9H3/b15-10+/t25?,27?,28?,29?,30?,31?,32?,33?,34?,35?,36?,37?,38?,39?,40?,41?,42?,43?,44?,45?,46?,47?,48?,52?,53-,54-,55?/m0/s1. The monoisotopic (exact) mass is 1130 g/mol. The molecule has 8 fully saturated rings. The summed E-state index contributed by atoms with van der Waals surface area (Å²) in [6.07, 6.45) is -20.2. The van der Waals surface area contributed by atoms with Crippen LogP contribution in [0.15, 0.2) is 23.8 Å². The van der Waals surface area contributed by atoms with Crippen LogP contribution in [0, 0.1) is 39.4 Å². The molecule has 25 unspecified atom stereocenters. The van der Waals surface area contributed by atoms with Crippen LogP contribution >= 0.6 is 0 Å². The molecule has 5 saturated heterocycles. The Morgan fingerprint density at radius 1 is 0.734 bits per heavy atom. The van der Waals surface area contributed by atoms with Crippen LogP contribution in [0.2, 0.25) is 0 Å². The second-order valence-corrected chi connectivity index (χ2v) is 25.6. The summed E-state index contributed by atoms with van der Waals surface area (Å²) >= 11 is 0. The van der Waals surface area contributed by atoms with Crippen molar-refractivity contribution in [1.82, 2.24) is 0 Å². The van der Waals surface area contributed by atoms with E-state index in [9.17, 15) is 65.8 Å². The molecular formula is C55H86O24. The number of carbonyl (C=O) groups excluding carboxylic acids is 2. The number of rotatable bonds is 15.